The van der Waals surface area contributed by atoms with Gasteiger partial charge in [0.25, 0.3) is 0 Å². The van der Waals surface area contributed by atoms with Gasteiger partial charge in [-0.2, -0.15) is 0 Å². The molecule has 1 aromatic carbocycles. The summed E-state index contributed by atoms with van der Waals surface area (Å²) in [6.45, 7) is 5.69. The molecule has 47 heavy (non-hydrogen) atoms. The molecule has 0 radical (unpaired) electrons. The van der Waals surface area contributed by atoms with Crippen molar-refractivity contribution in [3.63, 3.8) is 0 Å². The number of benzene rings is 1. The van der Waals surface area contributed by atoms with Gasteiger partial charge < -0.3 is 39.6 Å². The van der Waals surface area contributed by atoms with E-state index in [0.29, 0.717) is 30.9 Å². The molecule has 14 nitrogen and oxygen atoms in total. The number of carbonyl (C=O) groups excluding carboxylic acids is 4. The van der Waals surface area contributed by atoms with Crippen LogP contribution in [0.4, 0.5) is 9.59 Å². The third kappa shape index (κ3) is 6.82. The number of aliphatic carboxylic acids is 1. The summed E-state index contributed by atoms with van der Waals surface area (Å²) in [5.74, 6) is -1.48. The topological polar surface area (TPSA) is 173 Å². The lowest BCUT2D eigenvalue weighted by Crippen LogP contribution is -2.56. The number of nitrogens with one attached hydrogen (secondary N) is 2. The highest BCUT2D eigenvalue weighted by Gasteiger charge is 2.61. The van der Waals surface area contributed by atoms with Gasteiger partial charge in [-0.3, -0.25) is 14.5 Å². The number of ether oxygens (including phenoxy) is 4. The molecule has 0 aromatic heterocycles. The quantitative estimate of drug-likeness (QED) is 0.411. The van der Waals surface area contributed by atoms with E-state index < -0.39 is 59.3 Å². The molecule has 254 valence electrons. The maximum Gasteiger partial charge on any atom is 0.410 e. The minimum atomic E-state index is -1.47. The first-order valence-electron chi connectivity index (χ1n) is 16.2. The van der Waals surface area contributed by atoms with Crippen LogP contribution in [0.5, 0.6) is 11.5 Å². The minimum absolute atomic E-state index is 0.0359. The summed E-state index contributed by atoms with van der Waals surface area (Å²) in [4.78, 5) is 69.3. The molecule has 0 unspecified atom stereocenters. The minimum Gasteiger partial charge on any atom is -0.479 e. The van der Waals surface area contributed by atoms with Gasteiger partial charge in [-0.1, -0.05) is 31.1 Å². The summed E-state index contributed by atoms with van der Waals surface area (Å²) < 4.78 is 22.4. The summed E-state index contributed by atoms with van der Waals surface area (Å²) in [5.41, 5.74) is -0.523. The zero-order valence-electron chi connectivity index (χ0n) is 26.9. The molecule has 1 saturated carbocycles. The van der Waals surface area contributed by atoms with E-state index in [4.69, 9.17) is 18.9 Å². The molecular weight excluding hydrogens is 612 g/mol. The lowest BCUT2D eigenvalue weighted by atomic mass is 10.0. The SMILES string of the molecule is CC(C)(C)OC(=O)N[C@H]1CCCCC/C=C\[C@@H]2C[C@@]2(C(=O)O)NC(=O)[C@@H]2C[C@@H](OC(=O)N3Cc4ccc5c(c4C3)OCO5)CN2C1=O. The molecule has 4 amide bonds. The lowest BCUT2D eigenvalue weighted by molar-refractivity contribution is -0.145. The van der Waals surface area contributed by atoms with Crippen molar-refractivity contribution >= 4 is 30.0 Å². The third-order valence-corrected chi connectivity index (χ3v) is 9.29. The van der Waals surface area contributed by atoms with Crippen molar-refractivity contribution in [2.75, 3.05) is 13.3 Å². The van der Waals surface area contributed by atoms with Gasteiger partial charge in [0.15, 0.2) is 11.5 Å². The smallest absolute Gasteiger partial charge is 0.410 e. The fourth-order valence-electron chi connectivity index (χ4n) is 6.79. The van der Waals surface area contributed by atoms with E-state index in [0.717, 1.165) is 30.4 Å². The zero-order valence-corrected chi connectivity index (χ0v) is 26.9. The van der Waals surface area contributed by atoms with Crippen molar-refractivity contribution in [1.82, 2.24) is 20.4 Å². The Morgan fingerprint density at radius 2 is 1.91 bits per heavy atom. The number of amides is 4. The van der Waals surface area contributed by atoms with E-state index >= 15 is 0 Å². The van der Waals surface area contributed by atoms with E-state index in [9.17, 15) is 29.1 Å². The molecule has 4 aliphatic heterocycles. The molecule has 2 fully saturated rings. The van der Waals surface area contributed by atoms with Crippen LogP contribution in [0.1, 0.15) is 76.8 Å². The molecule has 3 N–H and O–H groups in total. The number of fused-ring (bicyclic) bond motifs is 5. The Bertz CT molecular complexity index is 1490. The molecule has 6 rings (SSSR count). The van der Waals surface area contributed by atoms with E-state index in [1.165, 1.54) is 9.80 Å². The Kier molecular flexibility index (Phi) is 8.70. The Morgan fingerprint density at radius 3 is 2.68 bits per heavy atom. The van der Waals surface area contributed by atoms with Gasteiger partial charge in [0.1, 0.15) is 29.3 Å². The summed E-state index contributed by atoms with van der Waals surface area (Å²) >= 11 is 0. The maximum absolute atomic E-state index is 14.1. The Balaban J connectivity index is 1.21. The van der Waals surface area contributed by atoms with Gasteiger partial charge in [0, 0.05) is 24.4 Å². The number of hydrogen-bond acceptors (Lipinski definition) is 9. The van der Waals surface area contributed by atoms with Crippen LogP contribution in [0.25, 0.3) is 0 Å². The average molecular weight is 655 g/mol. The van der Waals surface area contributed by atoms with E-state index in [1.54, 1.807) is 26.8 Å². The van der Waals surface area contributed by atoms with Crippen molar-refractivity contribution in [2.45, 2.75) is 108 Å². The van der Waals surface area contributed by atoms with Gasteiger partial charge in [-0.05, 0) is 58.1 Å². The van der Waals surface area contributed by atoms with Crippen LogP contribution in [0, 0.1) is 5.92 Å². The first-order valence-corrected chi connectivity index (χ1v) is 16.2. The second kappa shape index (κ2) is 12.6. The van der Waals surface area contributed by atoms with Crippen LogP contribution in [0.15, 0.2) is 24.3 Å². The highest BCUT2D eigenvalue weighted by molar-refractivity contribution is 5.96. The zero-order chi connectivity index (χ0) is 33.5. The summed E-state index contributed by atoms with van der Waals surface area (Å²) in [5, 5.41) is 15.5. The van der Waals surface area contributed by atoms with Crippen molar-refractivity contribution in [1.29, 1.82) is 0 Å². The summed E-state index contributed by atoms with van der Waals surface area (Å²) in [6.07, 6.45) is 4.99. The van der Waals surface area contributed by atoms with Crippen LogP contribution in [-0.4, -0.2) is 87.5 Å². The van der Waals surface area contributed by atoms with Gasteiger partial charge in [-0.25, -0.2) is 14.4 Å². The van der Waals surface area contributed by atoms with Crippen LogP contribution in [0.3, 0.4) is 0 Å². The standard InChI is InChI=1S/C33H42N4O10/c1-32(2,3)47-30(42)34-23-10-8-6-4-5-7-9-20-14-33(20,29(40)41)35-27(38)24-13-21(16-37(24)28(23)39)46-31(43)36-15-19-11-12-25-26(22(19)17-36)45-18-44-25/h7,9,11-12,20-21,23-24H,4-6,8,10,13-18H2,1-3H3,(H,34,42)(H,35,38)(H,40,41)/b9-7-/t20-,21-,23+,24+,33-/m1/s1. The second-order valence-corrected chi connectivity index (χ2v) is 13.9. The van der Waals surface area contributed by atoms with Gasteiger partial charge in [0.2, 0.25) is 18.6 Å². The first-order chi connectivity index (χ1) is 22.3. The van der Waals surface area contributed by atoms with Crippen molar-refractivity contribution in [2.24, 2.45) is 5.92 Å². The highest BCUT2D eigenvalue weighted by atomic mass is 16.7. The normalized spacial score (nSPS) is 29.3. The predicted octanol–water partition coefficient (Wildman–Crippen LogP) is 3.21. The lowest BCUT2D eigenvalue weighted by Gasteiger charge is -2.30. The molecule has 1 aliphatic carbocycles. The number of hydrogen-bond donors (Lipinski definition) is 3. The van der Waals surface area contributed by atoms with Crippen molar-refractivity contribution in [3.05, 3.63) is 35.4 Å². The van der Waals surface area contributed by atoms with Crippen molar-refractivity contribution in [3.8, 4) is 11.5 Å². The largest absolute Gasteiger partial charge is 0.479 e. The van der Waals surface area contributed by atoms with E-state index in [2.05, 4.69) is 10.6 Å². The molecule has 1 aromatic rings. The second-order valence-electron chi connectivity index (χ2n) is 13.9. The highest BCUT2D eigenvalue weighted by Crippen LogP contribution is 2.46. The summed E-state index contributed by atoms with van der Waals surface area (Å²) in [6, 6.07) is 1.55. The van der Waals surface area contributed by atoms with E-state index in [1.807, 2.05) is 18.2 Å². The van der Waals surface area contributed by atoms with Gasteiger partial charge in [-0.15, -0.1) is 0 Å². The average Bonchev–Trinajstić information content (AvgIpc) is 3.40. The van der Waals surface area contributed by atoms with Gasteiger partial charge in [0.05, 0.1) is 13.1 Å². The molecule has 0 spiro atoms. The number of carbonyl (C=O) groups is 5. The molecule has 5 atom stereocenters. The van der Waals surface area contributed by atoms with Crippen LogP contribution in [-0.2, 0) is 36.9 Å². The van der Waals surface area contributed by atoms with E-state index in [-0.39, 0.29) is 38.6 Å². The maximum atomic E-state index is 14.1. The van der Waals surface area contributed by atoms with Crippen molar-refractivity contribution < 1.29 is 48.0 Å². The molecule has 5 aliphatic rings. The van der Waals surface area contributed by atoms with Gasteiger partial charge >= 0.3 is 18.2 Å². The predicted molar refractivity (Wildman–Crippen MR) is 164 cm³/mol. The molecule has 1 saturated heterocycles. The Hall–Kier alpha value is -4.49. The number of carboxylic acid groups (broad SMARTS) is 1. The Morgan fingerprint density at radius 1 is 1.11 bits per heavy atom. The third-order valence-electron chi connectivity index (χ3n) is 9.29. The Labute approximate surface area is 272 Å². The summed E-state index contributed by atoms with van der Waals surface area (Å²) in [7, 11) is 0. The monoisotopic (exact) mass is 654 g/mol. The number of allylic oxidation sites excluding steroid dienone is 1. The first kappa shape index (κ1) is 32.5. The fourth-order valence-corrected chi connectivity index (χ4v) is 6.79. The molecular formula is C33H42N4O10. The van der Waals surface area contributed by atoms with Crippen LogP contribution >= 0.6 is 0 Å². The van der Waals surface area contributed by atoms with Crippen LogP contribution in [0.2, 0.25) is 0 Å². The van der Waals surface area contributed by atoms with Crippen LogP contribution < -0.4 is 20.1 Å². The number of rotatable bonds is 3. The molecule has 14 heteroatoms. The number of carboxylic acids is 1. The number of alkyl carbamates (subject to hydrolysis) is 1. The fraction of sp³-hybridized carbons (Fsp3) is 0.606. The number of nitrogens with zero attached hydrogens (tertiary/aromatic N) is 2. The molecule has 0 bridgehead atoms. The molecule has 4 heterocycles.